The van der Waals surface area contributed by atoms with E-state index in [0.29, 0.717) is 5.57 Å². The fraction of sp³-hybridized carbons (Fsp3) is 0.667. The van der Waals surface area contributed by atoms with Crippen molar-refractivity contribution in [3.05, 3.63) is 23.3 Å². The van der Waals surface area contributed by atoms with Gasteiger partial charge in [0, 0.05) is 23.5 Å². The van der Waals surface area contributed by atoms with Gasteiger partial charge in [-0.3, -0.25) is 0 Å². The number of esters is 2. The maximum Gasteiger partial charge on any atom is 0.341 e. The van der Waals surface area contributed by atoms with Crippen molar-refractivity contribution < 1.29 is 34.2 Å². The summed E-state index contributed by atoms with van der Waals surface area (Å²) in [5, 5.41) is 20.2. The van der Waals surface area contributed by atoms with E-state index in [2.05, 4.69) is 0 Å². The van der Waals surface area contributed by atoms with E-state index >= 15 is 0 Å². The number of cyclic esters (lactones) is 1. The molecular formula is C18H26NO6+. The van der Waals surface area contributed by atoms with Gasteiger partial charge in [-0.1, -0.05) is 13.0 Å². The van der Waals surface area contributed by atoms with Crippen LogP contribution in [0, 0.1) is 5.92 Å². The molecule has 0 aromatic heterocycles. The van der Waals surface area contributed by atoms with Gasteiger partial charge < -0.3 is 24.6 Å². The lowest BCUT2D eigenvalue weighted by Gasteiger charge is -2.31. The quantitative estimate of drug-likeness (QED) is 0.310. The number of aliphatic hydroxyl groups excluding tert-OH is 1. The monoisotopic (exact) mass is 352 g/mol. The maximum atomic E-state index is 12.6. The molecule has 0 spiro atoms. The molecule has 5 atom stereocenters. The average Bonchev–Trinajstić information content (AvgIpc) is 3.18. The van der Waals surface area contributed by atoms with Gasteiger partial charge in [-0.15, -0.1) is 0 Å². The fourth-order valence-corrected chi connectivity index (χ4v) is 4.03. The van der Waals surface area contributed by atoms with Crippen LogP contribution in [-0.2, 0) is 19.1 Å². The van der Waals surface area contributed by atoms with E-state index in [0.717, 1.165) is 25.1 Å². The fourth-order valence-electron chi connectivity index (χ4n) is 4.03. The molecule has 0 aromatic rings. The molecule has 25 heavy (non-hydrogen) atoms. The van der Waals surface area contributed by atoms with Crippen LogP contribution in [0.25, 0.3) is 0 Å². The summed E-state index contributed by atoms with van der Waals surface area (Å²) in [7, 11) is 0. The Morgan fingerprint density at radius 1 is 1.44 bits per heavy atom. The Bertz CT molecular complexity index is 627. The Kier molecular flexibility index (Phi) is 4.99. The van der Waals surface area contributed by atoms with Gasteiger partial charge >= 0.3 is 11.9 Å². The summed E-state index contributed by atoms with van der Waals surface area (Å²) < 4.78 is 11.1. The van der Waals surface area contributed by atoms with Crippen molar-refractivity contribution in [3.63, 3.8) is 0 Å². The predicted molar refractivity (Wildman–Crippen MR) is 87.6 cm³/mol. The minimum atomic E-state index is -2.05. The molecule has 7 nitrogen and oxygen atoms in total. The first-order valence-corrected chi connectivity index (χ1v) is 8.80. The second-order valence-electron chi connectivity index (χ2n) is 7.18. The number of nitrogens with one attached hydrogen (secondary N) is 1. The minimum absolute atomic E-state index is 0.00562. The van der Waals surface area contributed by atoms with Crippen LogP contribution < -0.4 is 4.90 Å². The van der Waals surface area contributed by atoms with Crippen molar-refractivity contribution in [3.8, 4) is 0 Å². The number of hydrogen-bond donors (Lipinski definition) is 3. The van der Waals surface area contributed by atoms with E-state index < -0.39 is 30.1 Å². The van der Waals surface area contributed by atoms with Crippen LogP contribution in [0.1, 0.15) is 26.7 Å². The van der Waals surface area contributed by atoms with Crippen molar-refractivity contribution in [2.45, 2.75) is 44.4 Å². The number of quaternary nitrogens is 1. The number of carbonyl (C=O) groups excluding carboxylic acids is 2. The van der Waals surface area contributed by atoms with Crippen molar-refractivity contribution in [1.82, 2.24) is 0 Å². The first kappa shape index (κ1) is 18.1. The highest BCUT2D eigenvalue weighted by molar-refractivity contribution is 5.89. The lowest BCUT2D eigenvalue weighted by molar-refractivity contribution is -0.896. The second-order valence-corrected chi connectivity index (χ2v) is 7.18. The molecule has 0 bridgehead atoms. The van der Waals surface area contributed by atoms with Gasteiger partial charge in [-0.2, -0.15) is 0 Å². The molecule has 3 rings (SSSR count). The number of carbonyl (C=O) groups is 2. The van der Waals surface area contributed by atoms with Gasteiger partial charge in [-0.05, 0) is 19.4 Å². The molecule has 2 saturated heterocycles. The molecule has 3 N–H and O–H groups in total. The van der Waals surface area contributed by atoms with E-state index in [-0.39, 0.29) is 25.2 Å². The standard InChI is InChI=1S/C18H25NO6/c1-3-12-8-11(2)18(23,10-20)17(22)24-9-13-4-6-19-7-5-14(15(13)19)25-16(12)21/h3-4,11,14-15,20,23H,5-10H2,1-2H3/p+1/b12-3-/t11-,14-,15+,18+/m1/s1. The summed E-state index contributed by atoms with van der Waals surface area (Å²) in [6, 6.07) is -0.00562. The number of rotatable bonds is 1. The Hall–Kier alpha value is -1.70. The first-order valence-electron chi connectivity index (χ1n) is 8.80. The molecular weight excluding hydrogens is 326 g/mol. The molecule has 3 aliphatic heterocycles. The number of hydrogen-bond acceptors (Lipinski definition) is 6. The minimum Gasteiger partial charge on any atom is -0.459 e. The summed E-state index contributed by atoms with van der Waals surface area (Å²) >= 11 is 0. The predicted octanol–water partition coefficient (Wildman–Crippen LogP) is -1.25. The van der Waals surface area contributed by atoms with Crippen LogP contribution in [-0.4, -0.2) is 66.2 Å². The number of allylic oxidation sites excluding steroid dienone is 1. The summed E-state index contributed by atoms with van der Waals surface area (Å²) in [5.74, 6) is -1.96. The highest BCUT2D eigenvalue weighted by atomic mass is 16.6. The highest BCUT2D eigenvalue weighted by Crippen LogP contribution is 2.29. The SMILES string of the molecule is C/C=C1/C[C@@H](C)[C@@](O)(CO)C(=O)OCC2=CC[NH+]3CC[C@@H](OC1=O)[C@H]23. The Morgan fingerprint density at radius 3 is 2.88 bits per heavy atom. The Morgan fingerprint density at radius 2 is 2.20 bits per heavy atom. The van der Waals surface area contributed by atoms with Crippen LogP contribution in [0.2, 0.25) is 0 Å². The molecule has 0 aliphatic carbocycles. The summed E-state index contributed by atoms with van der Waals surface area (Å²) in [4.78, 5) is 26.3. The molecule has 0 saturated carbocycles. The Balaban J connectivity index is 1.93. The average molecular weight is 352 g/mol. The normalized spacial score (nSPS) is 40.6. The molecule has 0 aromatic carbocycles. The lowest BCUT2D eigenvalue weighted by atomic mass is 9.84. The lowest BCUT2D eigenvalue weighted by Crippen LogP contribution is -3.12. The van der Waals surface area contributed by atoms with Crippen molar-refractivity contribution in [2.75, 3.05) is 26.3 Å². The number of aliphatic hydroxyl groups is 2. The molecule has 2 fully saturated rings. The molecule has 0 amide bonds. The molecule has 3 aliphatic rings. The van der Waals surface area contributed by atoms with Gasteiger partial charge in [0.25, 0.3) is 0 Å². The molecule has 0 radical (unpaired) electrons. The molecule has 1 unspecified atom stereocenters. The second kappa shape index (κ2) is 6.90. The largest absolute Gasteiger partial charge is 0.459 e. The van der Waals surface area contributed by atoms with Crippen LogP contribution in [0.5, 0.6) is 0 Å². The van der Waals surface area contributed by atoms with E-state index in [1.807, 2.05) is 6.08 Å². The number of ether oxygens (including phenoxy) is 2. The third-order valence-electron chi connectivity index (χ3n) is 5.76. The highest BCUT2D eigenvalue weighted by Gasteiger charge is 2.49. The van der Waals surface area contributed by atoms with Crippen LogP contribution in [0.4, 0.5) is 0 Å². The van der Waals surface area contributed by atoms with Gasteiger partial charge in [0.2, 0.25) is 0 Å². The zero-order valence-corrected chi connectivity index (χ0v) is 14.7. The first-order chi connectivity index (χ1) is 11.9. The smallest absolute Gasteiger partial charge is 0.341 e. The summed E-state index contributed by atoms with van der Waals surface area (Å²) in [6.45, 7) is 4.33. The third-order valence-corrected chi connectivity index (χ3v) is 5.76. The van der Waals surface area contributed by atoms with Crippen molar-refractivity contribution in [1.29, 1.82) is 0 Å². The topological polar surface area (TPSA) is 97.5 Å². The van der Waals surface area contributed by atoms with Gasteiger partial charge in [-0.25, -0.2) is 9.59 Å². The summed E-state index contributed by atoms with van der Waals surface area (Å²) in [6.07, 6.45) is 4.33. The van der Waals surface area contributed by atoms with E-state index in [1.54, 1.807) is 19.9 Å². The molecule has 138 valence electrons. The van der Waals surface area contributed by atoms with E-state index in [9.17, 15) is 19.8 Å². The van der Waals surface area contributed by atoms with Crippen LogP contribution in [0.3, 0.4) is 0 Å². The zero-order valence-electron chi connectivity index (χ0n) is 14.7. The Labute approximate surface area is 146 Å². The third kappa shape index (κ3) is 3.12. The van der Waals surface area contributed by atoms with Crippen molar-refractivity contribution >= 4 is 11.9 Å². The molecule has 7 heteroatoms. The van der Waals surface area contributed by atoms with Crippen molar-refractivity contribution in [2.24, 2.45) is 5.92 Å². The van der Waals surface area contributed by atoms with Gasteiger partial charge in [0.05, 0.1) is 19.7 Å². The maximum absolute atomic E-state index is 12.6. The zero-order chi connectivity index (χ0) is 18.2. The van der Waals surface area contributed by atoms with Crippen LogP contribution in [0.15, 0.2) is 23.3 Å². The summed E-state index contributed by atoms with van der Waals surface area (Å²) in [5.41, 5.74) is -0.743. The van der Waals surface area contributed by atoms with E-state index in [1.165, 1.54) is 4.90 Å². The molecule has 3 heterocycles. The van der Waals surface area contributed by atoms with Gasteiger partial charge in [0.1, 0.15) is 6.61 Å². The van der Waals surface area contributed by atoms with E-state index in [4.69, 9.17) is 9.47 Å². The van der Waals surface area contributed by atoms with Gasteiger partial charge in [0.15, 0.2) is 17.7 Å². The van der Waals surface area contributed by atoms with Crippen LogP contribution >= 0.6 is 0 Å².